The first-order chi connectivity index (χ1) is 9.33. The molecule has 1 aromatic carbocycles. The van der Waals surface area contributed by atoms with Crippen LogP contribution in [0, 0.1) is 20.8 Å². The summed E-state index contributed by atoms with van der Waals surface area (Å²) in [6.45, 7) is 5.25. The Bertz CT molecular complexity index is 755. The second-order valence-electron chi connectivity index (χ2n) is 4.72. The summed E-state index contributed by atoms with van der Waals surface area (Å²) in [5.74, 6) is 0. The van der Waals surface area contributed by atoms with Crippen LogP contribution in [0.15, 0.2) is 35.5 Å². The van der Waals surface area contributed by atoms with Crippen LogP contribution < -0.4 is 10.5 Å². The van der Waals surface area contributed by atoms with Crippen molar-refractivity contribution in [2.45, 2.75) is 25.7 Å². The molecule has 106 valence electrons. The second-order valence-corrected chi connectivity index (χ2v) is 6.34. The van der Waals surface area contributed by atoms with Crippen LogP contribution in [0.25, 0.3) is 0 Å². The van der Waals surface area contributed by atoms with Crippen molar-refractivity contribution in [3.63, 3.8) is 0 Å². The molecule has 0 aliphatic rings. The Morgan fingerprint density at radius 3 is 2.45 bits per heavy atom. The van der Waals surface area contributed by atoms with Gasteiger partial charge in [-0.3, -0.25) is 9.71 Å². The first-order valence-electron chi connectivity index (χ1n) is 6.12. The largest absolute Gasteiger partial charge is 0.398 e. The van der Waals surface area contributed by atoms with Crippen LogP contribution in [0.4, 0.5) is 11.4 Å². The zero-order valence-corrected chi connectivity index (χ0v) is 12.5. The van der Waals surface area contributed by atoms with Gasteiger partial charge in [0.25, 0.3) is 10.0 Å². The zero-order chi connectivity index (χ0) is 14.9. The van der Waals surface area contributed by atoms with Crippen molar-refractivity contribution < 1.29 is 8.42 Å². The van der Waals surface area contributed by atoms with Crippen LogP contribution in [0.2, 0.25) is 0 Å². The van der Waals surface area contributed by atoms with Gasteiger partial charge >= 0.3 is 0 Å². The number of aromatic nitrogens is 1. The van der Waals surface area contributed by atoms with Gasteiger partial charge in [-0.1, -0.05) is 6.07 Å². The number of hydrogen-bond donors (Lipinski definition) is 2. The molecule has 0 aliphatic heterocycles. The maximum absolute atomic E-state index is 12.6. The fourth-order valence-electron chi connectivity index (χ4n) is 2.04. The van der Waals surface area contributed by atoms with Crippen LogP contribution >= 0.6 is 0 Å². The highest BCUT2D eigenvalue weighted by atomic mass is 32.2. The Morgan fingerprint density at radius 1 is 1.10 bits per heavy atom. The summed E-state index contributed by atoms with van der Waals surface area (Å²) in [5.41, 5.74) is 8.76. The van der Waals surface area contributed by atoms with E-state index in [0.29, 0.717) is 22.5 Å². The third-order valence-electron chi connectivity index (χ3n) is 3.18. The molecule has 5 nitrogen and oxygen atoms in total. The zero-order valence-electron chi connectivity index (χ0n) is 11.6. The van der Waals surface area contributed by atoms with Gasteiger partial charge < -0.3 is 5.73 Å². The third-order valence-corrected chi connectivity index (χ3v) is 4.83. The number of pyridine rings is 1. The molecule has 0 radical (unpaired) electrons. The summed E-state index contributed by atoms with van der Waals surface area (Å²) >= 11 is 0. The Hall–Kier alpha value is -2.08. The first-order valence-corrected chi connectivity index (χ1v) is 7.60. The van der Waals surface area contributed by atoms with Gasteiger partial charge in [0.05, 0.1) is 10.6 Å². The van der Waals surface area contributed by atoms with E-state index in [0.717, 1.165) is 5.56 Å². The number of benzene rings is 1. The molecule has 2 aromatic rings. The van der Waals surface area contributed by atoms with Crippen molar-refractivity contribution in [1.82, 2.24) is 4.98 Å². The van der Waals surface area contributed by atoms with Crippen LogP contribution in [0.1, 0.15) is 16.7 Å². The monoisotopic (exact) mass is 291 g/mol. The number of hydrogen-bond acceptors (Lipinski definition) is 4. The minimum absolute atomic E-state index is 0.230. The predicted octanol–water partition coefficient (Wildman–Crippen LogP) is 2.39. The molecular formula is C14H17N3O2S. The van der Waals surface area contributed by atoms with Gasteiger partial charge in [0.15, 0.2) is 0 Å². The van der Waals surface area contributed by atoms with Crippen LogP contribution in [-0.2, 0) is 10.0 Å². The van der Waals surface area contributed by atoms with Crippen molar-refractivity contribution in [1.29, 1.82) is 0 Å². The van der Waals surface area contributed by atoms with E-state index in [1.165, 1.54) is 0 Å². The van der Waals surface area contributed by atoms with E-state index in [9.17, 15) is 8.42 Å². The molecule has 0 spiro atoms. The smallest absolute Gasteiger partial charge is 0.262 e. The SMILES string of the molecule is Cc1cnccc1NS(=O)(=O)c1c(C)ccc(N)c1C. The third kappa shape index (κ3) is 2.60. The maximum atomic E-state index is 12.6. The lowest BCUT2D eigenvalue weighted by atomic mass is 10.1. The number of aryl methyl sites for hydroxylation is 2. The highest BCUT2D eigenvalue weighted by Crippen LogP contribution is 2.27. The summed E-state index contributed by atoms with van der Waals surface area (Å²) in [7, 11) is -3.68. The maximum Gasteiger partial charge on any atom is 0.262 e. The summed E-state index contributed by atoms with van der Waals surface area (Å²) in [6.07, 6.45) is 3.15. The highest BCUT2D eigenvalue weighted by Gasteiger charge is 2.21. The van der Waals surface area contributed by atoms with Crippen LogP contribution in [0.5, 0.6) is 0 Å². The van der Waals surface area contributed by atoms with Crippen LogP contribution in [0.3, 0.4) is 0 Å². The minimum Gasteiger partial charge on any atom is -0.398 e. The molecule has 3 N–H and O–H groups in total. The number of nitrogen functional groups attached to an aromatic ring is 1. The molecule has 0 aliphatic carbocycles. The van der Waals surface area contributed by atoms with E-state index in [1.54, 1.807) is 51.4 Å². The van der Waals surface area contributed by atoms with E-state index in [2.05, 4.69) is 9.71 Å². The van der Waals surface area contributed by atoms with Gasteiger partial charge in [-0.05, 0) is 49.6 Å². The minimum atomic E-state index is -3.68. The van der Waals surface area contributed by atoms with Crippen molar-refractivity contribution in [2.24, 2.45) is 0 Å². The van der Waals surface area contributed by atoms with Gasteiger partial charge in [-0.2, -0.15) is 0 Å². The number of nitrogens with one attached hydrogen (secondary N) is 1. The van der Waals surface area contributed by atoms with E-state index in [4.69, 9.17) is 5.73 Å². The number of nitrogens with two attached hydrogens (primary N) is 1. The molecule has 0 bridgehead atoms. The molecule has 0 fully saturated rings. The van der Waals surface area contributed by atoms with Crippen molar-refractivity contribution in [3.05, 3.63) is 47.3 Å². The molecule has 1 aromatic heterocycles. The first kappa shape index (κ1) is 14.3. The standard InChI is InChI=1S/C14H17N3O2S/c1-9-4-5-12(15)11(3)14(9)20(18,19)17-13-6-7-16-8-10(13)2/h4-8H,15H2,1-3H3,(H,16,17). The quantitative estimate of drug-likeness (QED) is 0.850. The molecule has 0 saturated heterocycles. The summed E-state index contributed by atoms with van der Waals surface area (Å²) in [4.78, 5) is 4.17. The highest BCUT2D eigenvalue weighted by molar-refractivity contribution is 7.92. The van der Waals surface area contributed by atoms with Crippen molar-refractivity contribution in [2.75, 3.05) is 10.5 Å². The number of nitrogens with zero attached hydrogens (tertiary/aromatic N) is 1. The molecule has 2 rings (SSSR count). The lowest BCUT2D eigenvalue weighted by Crippen LogP contribution is -2.17. The Labute approximate surface area is 118 Å². The van der Waals surface area contributed by atoms with Gasteiger partial charge in [0, 0.05) is 18.1 Å². The Morgan fingerprint density at radius 2 is 1.80 bits per heavy atom. The number of anilines is 2. The molecule has 20 heavy (non-hydrogen) atoms. The van der Waals surface area contributed by atoms with E-state index >= 15 is 0 Å². The van der Waals surface area contributed by atoms with Crippen molar-refractivity contribution in [3.8, 4) is 0 Å². The summed E-state index contributed by atoms with van der Waals surface area (Å²) in [5, 5.41) is 0. The molecule has 6 heteroatoms. The van der Waals surface area contributed by atoms with Gasteiger partial charge in [0.2, 0.25) is 0 Å². The van der Waals surface area contributed by atoms with E-state index in [1.807, 2.05) is 0 Å². The molecule has 0 saturated carbocycles. The molecule has 0 unspecified atom stereocenters. The predicted molar refractivity (Wildman–Crippen MR) is 80.1 cm³/mol. The normalized spacial score (nSPS) is 11.3. The average Bonchev–Trinajstić information content (AvgIpc) is 2.37. The topological polar surface area (TPSA) is 85.1 Å². The average molecular weight is 291 g/mol. The Kier molecular flexibility index (Phi) is 3.67. The summed E-state index contributed by atoms with van der Waals surface area (Å²) in [6, 6.07) is 5.04. The van der Waals surface area contributed by atoms with E-state index < -0.39 is 10.0 Å². The lowest BCUT2D eigenvalue weighted by Gasteiger charge is -2.15. The van der Waals surface area contributed by atoms with E-state index in [-0.39, 0.29) is 4.90 Å². The molecule has 0 amide bonds. The fraction of sp³-hybridized carbons (Fsp3) is 0.214. The van der Waals surface area contributed by atoms with Crippen molar-refractivity contribution >= 4 is 21.4 Å². The number of rotatable bonds is 3. The van der Waals surface area contributed by atoms with Crippen LogP contribution in [-0.4, -0.2) is 13.4 Å². The second kappa shape index (κ2) is 5.13. The number of sulfonamides is 1. The van der Waals surface area contributed by atoms with Gasteiger partial charge in [-0.15, -0.1) is 0 Å². The fourth-order valence-corrected chi connectivity index (χ4v) is 3.67. The molecular weight excluding hydrogens is 274 g/mol. The summed E-state index contributed by atoms with van der Waals surface area (Å²) < 4.78 is 27.7. The van der Waals surface area contributed by atoms with Gasteiger partial charge in [0.1, 0.15) is 0 Å². The Balaban J connectivity index is 2.52. The van der Waals surface area contributed by atoms with Gasteiger partial charge in [-0.25, -0.2) is 8.42 Å². The lowest BCUT2D eigenvalue weighted by molar-refractivity contribution is 0.600. The molecule has 1 heterocycles. The molecule has 0 atom stereocenters.